The molecule has 0 spiro atoms. The van der Waals surface area contributed by atoms with Gasteiger partial charge in [-0.2, -0.15) is 0 Å². The van der Waals surface area contributed by atoms with E-state index in [0.29, 0.717) is 17.9 Å². The SMILES string of the molecule is NCCCNc1cnoc1-c1cccc(F)c1. The molecular weight excluding hydrogens is 221 g/mol. The Hall–Kier alpha value is -1.88. The minimum Gasteiger partial charge on any atom is -0.381 e. The quantitative estimate of drug-likeness (QED) is 0.780. The molecule has 1 aromatic carbocycles. The molecule has 0 fully saturated rings. The molecule has 90 valence electrons. The Morgan fingerprint density at radius 1 is 1.41 bits per heavy atom. The van der Waals surface area contributed by atoms with Gasteiger partial charge in [0.25, 0.3) is 0 Å². The van der Waals surface area contributed by atoms with Crippen molar-refractivity contribution in [1.82, 2.24) is 5.16 Å². The highest BCUT2D eigenvalue weighted by Crippen LogP contribution is 2.27. The van der Waals surface area contributed by atoms with Gasteiger partial charge >= 0.3 is 0 Å². The van der Waals surface area contributed by atoms with Crippen LogP contribution >= 0.6 is 0 Å². The molecule has 0 radical (unpaired) electrons. The molecule has 0 aliphatic heterocycles. The fourth-order valence-corrected chi connectivity index (χ4v) is 1.53. The standard InChI is InChI=1S/C12H14FN3O/c13-10-4-1-3-9(7-10)12-11(8-16-17-12)15-6-2-5-14/h1,3-4,7-8,15H,2,5-6,14H2. The summed E-state index contributed by atoms with van der Waals surface area (Å²) >= 11 is 0. The summed E-state index contributed by atoms with van der Waals surface area (Å²) in [4.78, 5) is 0. The first kappa shape index (κ1) is 11.6. The second-order valence-corrected chi connectivity index (χ2v) is 3.65. The zero-order valence-electron chi connectivity index (χ0n) is 9.32. The van der Waals surface area contributed by atoms with Crippen LogP contribution in [0.25, 0.3) is 11.3 Å². The molecule has 17 heavy (non-hydrogen) atoms. The summed E-state index contributed by atoms with van der Waals surface area (Å²) in [5, 5.41) is 6.87. The van der Waals surface area contributed by atoms with E-state index < -0.39 is 0 Å². The molecule has 3 N–H and O–H groups in total. The topological polar surface area (TPSA) is 64.1 Å². The Kier molecular flexibility index (Phi) is 3.72. The lowest BCUT2D eigenvalue weighted by Crippen LogP contribution is -2.08. The second kappa shape index (κ2) is 5.45. The van der Waals surface area contributed by atoms with Gasteiger partial charge in [-0.1, -0.05) is 17.3 Å². The summed E-state index contributed by atoms with van der Waals surface area (Å²) in [6.07, 6.45) is 2.44. The first-order valence-corrected chi connectivity index (χ1v) is 5.46. The lowest BCUT2D eigenvalue weighted by Gasteiger charge is -2.04. The molecule has 0 unspecified atom stereocenters. The zero-order chi connectivity index (χ0) is 12.1. The average molecular weight is 235 g/mol. The van der Waals surface area contributed by atoms with Gasteiger partial charge in [0.2, 0.25) is 0 Å². The van der Waals surface area contributed by atoms with Crippen LogP contribution in [-0.4, -0.2) is 18.2 Å². The van der Waals surface area contributed by atoms with Crippen molar-refractivity contribution in [3.63, 3.8) is 0 Å². The van der Waals surface area contributed by atoms with Crippen LogP contribution < -0.4 is 11.1 Å². The van der Waals surface area contributed by atoms with Gasteiger partial charge in [-0.25, -0.2) is 4.39 Å². The molecule has 0 aliphatic carbocycles. The van der Waals surface area contributed by atoms with E-state index in [2.05, 4.69) is 10.5 Å². The molecule has 0 amide bonds. The normalized spacial score (nSPS) is 10.5. The molecule has 0 bridgehead atoms. The predicted molar refractivity (Wildman–Crippen MR) is 64.1 cm³/mol. The van der Waals surface area contributed by atoms with Crippen LogP contribution in [0, 0.1) is 5.82 Å². The highest BCUT2D eigenvalue weighted by atomic mass is 19.1. The van der Waals surface area contributed by atoms with E-state index in [0.717, 1.165) is 18.7 Å². The Morgan fingerprint density at radius 2 is 2.29 bits per heavy atom. The van der Waals surface area contributed by atoms with Crippen LogP contribution in [0.4, 0.5) is 10.1 Å². The van der Waals surface area contributed by atoms with E-state index >= 15 is 0 Å². The molecule has 1 heterocycles. The number of benzene rings is 1. The molecule has 0 saturated carbocycles. The maximum absolute atomic E-state index is 13.1. The molecule has 2 rings (SSSR count). The minimum atomic E-state index is -0.299. The van der Waals surface area contributed by atoms with E-state index in [9.17, 15) is 4.39 Å². The number of nitrogens with two attached hydrogens (primary N) is 1. The van der Waals surface area contributed by atoms with Crippen LogP contribution in [0.3, 0.4) is 0 Å². The lowest BCUT2D eigenvalue weighted by molar-refractivity contribution is 0.432. The monoisotopic (exact) mass is 235 g/mol. The van der Waals surface area contributed by atoms with Gasteiger partial charge in [-0.3, -0.25) is 0 Å². The van der Waals surface area contributed by atoms with Gasteiger partial charge in [-0.15, -0.1) is 0 Å². The molecule has 0 atom stereocenters. The summed E-state index contributed by atoms with van der Waals surface area (Å²) in [5.41, 5.74) is 6.83. The third-order valence-electron chi connectivity index (χ3n) is 2.35. The number of hydrogen-bond acceptors (Lipinski definition) is 4. The van der Waals surface area contributed by atoms with Crippen molar-refractivity contribution in [1.29, 1.82) is 0 Å². The van der Waals surface area contributed by atoms with Gasteiger partial charge in [0.05, 0.1) is 6.20 Å². The number of halogens is 1. The van der Waals surface area contributed by atoms with Crippen molar-refractivity contribution in [3.05, 3.63) is 36.3 Å². The Morgan fingerprint density at radius 3 is 3.06 bits per heavy atom. The van der Waals surface area contributed by atoms with Gasteiger partial charge in [0, 0.05) is 12.1 Å². The van der Waals surface area contributed by atoms with Crippen molar-refractivity contribution in [2.24, 2.45) is 5.73 Å². The van der Waals surface area contributed by atoms with E-state index in [1.807, 2.05) is 0 Å². The molecule has 2 aromatic rings. The van der Waals surface area contributed by atoms with E-state index in [4.69, 9.17) is 10.3 Å². The third-order valence-corrected chi connectivity index (χ3v) is 2.35. The largest absolute Gasteiger partial charge is 0.381 e. The fraction of sp³-hybridized carbons (Fsp3) is 0.250. The number of aromatic nitrogens is 1. The smallest absolute Gasteiger partial charge is 0.190 e. The van der Waals surface area contributed by atoms with Crippen molar-refractivity contribution >= 4 is 5.69 Å². The molecule has 5 heteroatoms. The summed E-state index contributed by atoms with van der Waals surface area (Å²) in [6, 6.07) is 6.21. The van der Waals surface area contributed by atoms with Crippen molar-refractivity contribution < 1.29 is 8.91 Å². The number of anilines is 1. The van der Waals surface area contributed by atoms with E-state index in [1.165, 1.54) is 12.1 Å². The zero-order valence-corrected chi connectivity index (χ0v) is 9.32. The summed E-state index contributed by atoms with van der Waals surface area (Å²) in [5.74, 6) is 0.244. The van der Waals surface area contributed by atoms with Crippen LogP contribution in [0.5, 0.6) is 0 Å². The highest BCUT2D eigenvalue weighted by molar-refractivity contribution is 5.71. The highest BCUT2D eigenvalue weighted by Gasteiger charge is 2.10. The second-order valence-electron chi connectivity index (χ2n) is 3.65. The summed E-state index contributed by atoms with van der Waals surface area (Å²) in [6.45, 7) is 1.35. The number of hydrogen-bond donors (Lipinski definition) is 2. The lowest BCUT2D eigenvalue weighted by atomic mass is 10.1. The van der Waals surface area contributed by atoms with Crippen LogP contribution in [0.2, 0.25) is 0 Å². The van der Waals surface area contributed by atoms with Crippen molar-refractivity contribution in [2.45, 2.75) is 6.42 Å². The first-order chi connectivity index (χ1) is 8.31. The van der Waals surface area contributed by atoms with Crippen molar-refractivity contribution in [2.75, 3.05) is 18.4 Å². The van der Waals surface area contributed by atoms with Gasteiger partial charge < -0.3 is 15.6 Å². The summed E-state index contributed by atoms with van der Waals surface area (Å²) < 4.78 is 18.2. The van der Waals surface area contributed by atoms with Crippen molar-refractivity contribution in [3.8, 4) is 11.3 Å². The van der Waals surface area contributed by atoms with Crippen LogP contribution in [0.1, 0.15) is 6.42 Å². The number of rotatable bonds is 5. The average Bonchev–Trinajstić information content (AvgIpc) is 2.78. The van der Waals surface area contributed by atoms with Crippen LogP contribution in [-0.2, 0) is 0 Å². The molecule has 0 saturated heterocycles. The molecule has 0 aliphatic rings. The van der Waals surface area contributed by atoms with Crippen LogP contribution in [0.15, 0.2) is 35.0 Å². The van der Waals surface area contributed by atoms with Gasteiger partial charge in [0.1, 0.15) is 11.5 Å². The predicted octanol–water partition coefficient (Wildman–Crippen LogP) is 2.24. The minimum absolute atomic E-state index is 0.299. The Balaban J connectivity index is 2.18. The Labute approximate surface area is 98.6 Å². The molecule has 1 aromatic heterocycles. The van der Waals surface area contributed by atoms with Gasteiger partial charge in [0.15, 0.2) is 5.76 Å². The van der Waals surface area contributed by atoms with E-state index in [1.54, 1.807) is 18.3 Å². The first-order valence-electron chi connectivity index (χ1n) is 5.46. The molecular formula is C12H14FN3O. The number of nitrogens with one attached hydrogen (secondary N) is 1. The molecule has 4 nitrogen and oxygen atoms in total. The summed E-state index contributed by atoms with van der Waals surface area (Å²) in [7, 11) is 0. The van der Waals surface area contributed by atoms with Gasteiger partial charge in [-0.05, 0) is 25.1 Å². The Bertz CT molecular complexity index is 484. The maximum Gasteiger partial charge on any atom is 0.190 e. The maximum atomic E-state index is 13.1. The number of nitrogens with zero attached hydrogens (tertiary/aromatic N) is 1. The van der Waals surface area contributed by atoms with E-state index in [-0.39, 0.29) is 5.82 Å². The fourth-order valence-electron chi connectivity index (χ4n) is 1.53. The third kappa shape index (κ3) is 2.82.